The van der Waals surface area contributed by atoms with E-state index >= 15 is 0 Å². The van der Waals surface area contributed by atoms with Crippen molar-refractivity contribution in [2.24, 2.45) is 0 Å². The molecule has 3 aromatic rings. The maximum absolute atomic E-state index is 12.8. The molecule has 1 aliphatic carbocycles. The van der Waals surface area contributed by atoms with Crippen molar-refractivity contribution in [2.75, 3.05) is 21.3 Å². The van der Waals surface area contributed by atoms with Gasteiger partial charge in [-0.25, -0.2) is 4.98 Å². The Balaban J connectivity index is 1.47. The highest BCUT2D eigenvalue weighted by molar-refractivity contribution is 5.95. The molecular weight excluding hydrogens is 382 g/mol. The third kappa shape index (κ3) is 4.20. The molecule has 0 aliphatic heterocycles. The standard InChI is InChI=1S/C23H27N3O4/c1-28-17-7-8-20-21(13-17)26-22(25-20)14-5-4-6-16(9-14)24-23(27)15-10-18(29-2)12-19(11-15)30-3/h7-8,10-14,16H,4-6,9H2,1-3H3,(H,24,27)(H,25,26). The quantitative estimate of drug-likeness (QED) is 0.642. The molecule has 7 heteroatoms. The van der Waals surface area contributed by atoms with E-state index in [0.29, 0.717) is 17.1 Å². The van der Waals surface area contributed by atoms with Gasteiger partial charge in [-0.05, 0) is 43.5 Å². The molecule has 1 heterocycles. The van der Waals surface area contributed by atoms with Gasteiger partial charge in [-0.15, -0.1) is 0 Å². The normalized spacial score (nSPS) is 18.8. The number of benzene rings is 2. The molecule has 0 saturated heterocycles. The smallest absolute Gasteiger partial charge is 0.251 e. The number of carbonyl (C=O) groups excluding carboxylic acids is 1. The number of ether oxygens (including phenoxy) is 3. The highest BCUT2D eigenvalue weighted by Gasteiger charge is 2.27. The summed E-state index contributed by atoms with van der Waals surface area (Å²) in [4.78, 5) is 21.1. The number of amides is 1. The lowest BCUT2D eigenvalue weighted by molar-refractivity contribution is 0.0924. The van der Waals surface area contributed by atoms with E-state index in [0.717, 1.165) is 48.3 Å². The van der Waals surface area contributed by atoms with Crippen LogP contribution in [0.3, 0.4) is 0 Å². The van der Waals surface area contributed by atoms with E-state index < -0.39 is 0 Å². The zero-order valence-corrected chi connectivity index (χ0v) is 17.5. The number of nitrogens with one attached hydrogen (secondary N) is 2. The van der Waals surface area contributed by atoms with Gasteiger partial charge >= 0.3 is 0 Å². The highest BCUT2D eigenvalue weighted by Crippen LogP contribution is 2.33. The Kier molecular flexibility index (Phi) is 5.79. The first-order valence-electron chi connectivity index (χ1n) is 10.2. The summed E-state index contributed by atoms with van der Waals surface area (Å²) in [6.45, 7) is 0. The Labute approximate surface area is 175 Å². The molecule has 2 unspecified atom stereocenters. The molecule has 0 radical (unpaired) electrons. The van der Waals surface area contributed by atoms with E-state index in [2.05, 4.69) is 10.3 Å². The van der Waals surface area contributed by atoms with Crippen LogP contribution in [0.2, 0.25) is 0 Å². The summed E-state index contributed by atoms with van der Waals surface area (Å²) in [6.07, 6.45) is 3.90. The molecule has 1 saturated carbocycles. The number of nitrogens with zero attached hydrogens (tertiary/aromatic N) is 1. The second-order valence-corrected chi connectivity index (χ2v) is 7.64. The molecule has 30 heavy (non-hydrogen) atoms. The van der Waals surface area contributed by atoms with Crippen LogP contribution < -0.4 is 19.5 Å². The number of H-pyrrole nitrogens is 1. The number of imidazole rings is 1. The predicted octanol–water partition coefficient (Wildman–Crippen LogP) is 4.04. The number of hydrogen-bond donors (Lipinski definition) is 2. The summed E-state index contributed by atoms with van der Waals surface area (Å²) >= 11 is 0. The van der Waals surface area contributed by atoms with Crippen molar-refractivity contribution >= 4 is 16.9 Å². The first-order chi connectivity index (χ1) is 14.6. The lowest BCUT2D eigenvalue weighted by Gasteiger charge is -2.28. The van der Waals surface area contributed by atoms with E-state index in [4.69, 9.17) is 19.2 Å². The molecule has 2 atom stereocenters. The summed E-state index contributed by atoms with van der Waals surface area (Å²) in [5.74, 6) is 3.13. The predicted molar refractivity (Wildman–Crippen MR) is 115 cm³/mol. The van der Waals surface area contributed by atoms with Gasteiger partial charge in [-0.2, -0.15) is 0 Å². The maximum Gasteiger partial charge on any atom is 0.251 e. The second-order valence-electron chi connectivity index (χ2n) is 7.64. The van der Waals surface area contributed by atoms with Crippen LogP contribution in [0.5, 0.6) is 17.2 Å². The highest BCUT2D eigenvalue weighted by atomic mass is 16.5. The third-order valence-electron chi connectivity index (χ3n) is 5.72. The van der Waals surface area contributed by atoms with Gasteiger partial charge in [0.1, 0.15) is 23.1 Å². The topological polar surface area (TPSA) is 85.5 Å². The third-order valence-corrected chi connectivity index (χ3v) is 5.72. The number of aromatic nitrogens is 2. The van der Waals surface area contributed by atoms with Gasteiger partial charge in [0.25, 0.3) is 5.91 Å². The van der Waals surface area contributed by atoms with E-state index in [-0.39, 0.29) is 17.9 Å². The zero-order valence-electron chi connectivity index (χ0n) is 17.5. The SMILES string of the molecule is COc1cc(OC)cc(C(=O)NC2CCCC(c3nc4ccc(OC)cc4[nH]3)C2)c1. The van der Waals surface area contributed by atoms with Gasteiger partial charge in [0.15, 0.2) is 0 Å². The molecule has 2 aromatic carbocycles. The molecular formula is C23H27N3O4. The minimum Gasteiger partial charge on any atom is -0.497 e. The number of fused-ring (bicyclic) bond motifs is 1. The zero-order chi connectivity index (χ0) is 21.1. The van der Waals surface area contributed by atoms with Crippen molar-refractivity contribution in [3.05, 3.63) is 47.8 Å². The van der Waals surface area contributed by atoms with Crippen LogP contribution in [0.1, 0.15) is 47.8 Å². The summed E-state index contributed by atoms with van der Waals surface area (Å²) in [5.41, 5.74) is 2.43. The second kappa shape index (κ2) is 8.65. The summed E-state index contributed by atoms with van der Waals surface area (Å²) in [6, 6.07) is 11.1. The first kappa shape index (κ1) is 20.1. The summed E-state index contributed by atoms with van der Waals surface area (Å²) < 4.78 is 15.9. The fourth-order valence-corrected chi connectivity index (χ4v) is 4.11. The Hall–Kier alpha value is -3.22. The van der Waals surface area contributed by atoms with Crippen molar-refractivity contribution < 1.29 is 19.0 Å². The molecule has 0 spiro atoms. The molecule has 7 nitrogen and oxygen atoms in total. The molecule has 2 N–H and O–H groups in total. The molecule has 1 aromatic heterocycles. The van der Waals surface area contributed by atoms with E-state index in [9.17, 15) is 4.79 Å². The molecule has 1 amide bonds. The van der Waals surface area contributed by atoms with Crippen molar-refractivity contribution in [2.45, 2.75) is 37.6 Å². The maximum atomic E-state index is 12.8. The minimum atomic E-state index is -0.118. The lowest BCUT2D eigenvalue weighted by atomic mass is 9.85. The summed E-state index contributed by atoms with van der Waals surface area (Å²) in [5, 5.41) is 3.18. The van der Waals surface area contributed by atoms with Gasteiger partial charge in [0, 0.05) is 29.7 Å². The Morgan fingerprint density at radius 3 is 2.43 bits per heavy atom. The summed E-state index contributed by atoms with van der Waals surface area (Å²) in [7, 11) is 4.81. The fraction of sp³-hybridized carbons (Fsp3) is 0.391. The number of aromatic amines is 1. The number of carbonyl (C=O) groups is 1. The van der Waals surface area contributed by atoms with Gasteiger partial charge in [0.05, 0.1) is 32.4 Å². The van der Waals surface area contributed by atoms with Gasteiger partial charge in [-0.3, -0.25) is 4.79 Å². The Morgan fingerprint density at radius 2 is 1.73 bits per heavy atom. The van der Waals surface area contributed by atoms with Crippen LogP contribution in [0.25, 0.3) is 11.0 Å². The van der Waals surface area contributed by atoms with Gasteiger partial charge in [0.2, 0.25) is 0 Å². The average Bonchev–Trinajstić information content (AvgIpc) is 3.22. The van der Waals surface area contributed by atoms with Crippen molar-refractivity contribution in [1.29, 1.82) is 0 Å². The monoisotopic (exact) mass is 409 g/mol. The van der Waals surface area contributed by atoms with Crippen molar-refractivity contribution in [3.8, 4) is 17.2 Å². The average molecular weight is 409 g/mol. The van der Waals surface area contributed by atoms with Crippen molar-refractivity contribution in [3.63, 3.8) is 0 Å². The molecule has 1 aliphatic rings. The largest absolute Gasteiger partial charge is 0.497 e. The minimum absolute atomic E-state index is 0.0937. The van der Waals surface area contributed by atoms with Crippen LogP contribution in [0.15, 0.2) is 36.4 Å². The van der Waals surface area contributed by atoms with Crippen LogP contribution in [0.4, 0.5) is 0 Å². The van der Waals surface area contributed by atoms with Crippen LogP contribution in [0, 0.1) is 0 Å². The lowest BCUT2D eigenvalue weighted by Crippen LogP contribution is -2.38. The number of hydrogen-bond acceptors (Lipinski definition) is 5. The van der Waals surface area contributed by atoms with Crippen LogP contribution in [-0.2, 0) is 0 Å². The van der Waals surface area contributed by atoms with Crippen LogP contribution >= 0.6 is 0 Å². The Bertz CT molecular complexity index is 1020. The van der Waals surface area contributed by atoms with Gasteiger partial charge in [-0.1, -0.05) is 6.42 Å². The first-order valence-corrected chi connectivity index (χ1v) is 10.2. The Morgan fingerprint density at radius 1 is 1.00 bits per heavy atom. The molecule has 0 bridgehead atoms. The van der Waals surface area contributed by atoms with Gasteiger partial charge < -0.3 is 24.5 Å². The van der Waals surface area contributed by atoms with E-state index in [1.165, 1.54) is 0 Å². The fourth-order valence-electron chi connectivity index (χ4n) is 4.11. The molecule has 158 valence electrons. The number of methoxy groups -OCH3 is 3. The van der Waals surface area contributed by atoms with E-state index in [1.54, 1.807) is 39.5 Å². The van der Waals surface area contributed by atoms with Crippen molar-refractivity contribution in [1.82, 2.24) is 15.3 Å². The van der Waals surface area contributed by atoms with Crippen LogP contribution in [-0.4, -0.2) is 43.2 Å². The molecule has 1 fully saturated rings. The molecule has 4 rings (SSSR count). The number of rotatable bonds is 6. The van der Waals surface area contributed by atoms with E-state index in [1.807, 2.05) is 18.2 Å².